The first-order chi connectivity index (χ1) is 9.72. The predicted octanol–water partition coefficient (Wildman–Crippen LogP) is 1.41. The standard InChI is InChI=1S/C12H14N2O4S3/c1-20(15,16)11-5-2-9(3-6-11)14-21(17,18)12-7-4-10(8-13)19-12/h2-7,14H,8,13H2,1H3. The molecule has 1 aromatic heterocycles. The molecule has 21 heavy (non-hydrogen) atoms. The Morgan fingerprint density at radius 1 is 1.05 bits per heavy atom. The molecule has 1 aromatic carbocycles. The second kappa shape index (κ2) is 5.76. The number of hydrogen-bond donors (Lipinski definition) is 2. The Morgan fingerprint density at radius 2 is 1.67 bits per heavy atom. The van der Waals surface area contributed by atoms with Crippen LogP contribution in [0.25, 0.3) is 0 Å². The van der Waals surface area contributed by atoms with E-state index in [9.17, 15) is 16.8 Å². The van der Waals surface area contributed by atoms with E-state index >= 15 is 0 Å². The molecule has 0 spiro atoms. The third kappa shape index (κ3) is 3.82. The SMILES string of the molecule is CS(=O)(=O)c1ccc(NS(=O)(=O)c2ccc(CN)s2)cc1. The van der Waals surface area contributed by atoms with Crippen LogP contribution in [0.2, 0.25) is 0 Å². The van der Waals surface area contributed by atoms with Gasteiger partial charge in [0.2, 0.25) is 0 Å². The Hall–Kier alpha value is -1.42. The lowest BCUT2D eigenvalue weighted by Gasteiger charge is -2.06. The number of sulfone groups is 1. The molecule has 9 heteroatoms. The molecule has 114 valence electrons. The van der Waals surface area contributed by atoms with Crippen molar-refractivity contribution in [2.45, 2.75) is 15.6 Å². The highest BCUT2D eigenvalue weighted by atomic mass is 32.2. The van der Waals surface area contributed by atoms with Gasteiger partial charge in [0.25, 0.3) is 10.0 Å². The molecule has 0 aliphatic carbocycles. The van der Waals surface area contributed by atoms with Gasteiger partial charge in [-0.15, -0.1) is 11.3 Å². The van der Waals surface area contributed by atoms with Crippen molar-refractivity contribution in [2.24, 2.45) is 5.73 Å². The highest BCUT2D eigenvalue weighted by molar-refractivity contribution is 7.94. The van der Waals surface area contributed by atoms with Gasteiger partial charge in [-0.25, -0.2) is 16.8 Å². The molecule has 0 aliphatic heterocycles. The van der Waals surface area contributed by atoms with Crippen molar-refractivity contribution in [1.29, 1.82) is 0 Å². The summed E-state index contributed by atoms with van der Waals surface area (Å²) in [6.45, 7) is 0.281. The van der Waals surface area contributed by atoms with E-state index in [1.807, 2.05) is 0 Å². The number of sulfonamides is 1. The fraction of sp³-hybridized carbons (Fsp3) is 0.167. The first kappa shape index (κ1) is 16.0. The topological polar surface area (TPSA) is 106 Å². The van der Waals surface area contributed by atoms with E-state index in [0.29, 0.717) is 5.69 Å². The van der Waals surface area contributed by atoms with Crippen molar-refractivity contribution in [1.82, 2.24) is 0 Å². The fourth-order valence-corrected chi connectivity index (χ4v) is 4.51. The molecule has 3 N–H and O–H groups in total. The zero-order valence-corrected chi connectivity index (χ0v) is 13.6. The highest BCUT2D eigenvalue weighted by Crippen LogP contribution is 2.24. The van der Waals surface area contributed by atoms with Crippen LogP contribution in [0.4, 0.5) is 5.69 Å². The van der Waals surface area contributed by atoms with E-state index in [-0.39, 0.29) is 15.6 Å². The van der Waals surface area contributed by atoms with Crippen LogP contribution in [-0.2, 0) is 26.4 Å². The van der Waals surface area contributed by atoms with Crippen LogP contribution in [0.15, 0.2) is 45.5 Å². The van der Waals surface area contributed by atoms with Crippen LogP contribution < -0.4 is 10.5 Å². The molecule has 6 nitrogen and oxygen atoms in total. The van der Waals surface area contributed by atoms with Gasteiger partial charge < -0.3 is 5.73 Å². The minimum atomic E-state index is -3.69. The molecule has 0 amide bonds. The van der Waals surface area contributed by atoms with Gasteiger partial charge in [-0.05, 0) is 36.4 Å². The third-order valence-corrected chi connectivity index (χ3v) is 6.75. The van der Waals surface area contributed by atoms with Crippen molar-refractivity contribution >= 4 is 36.9 Å². The van der Waals surface area contributed by atoms with Gasteiger partial charge in [0, 0.05) is 23.4 Å². The minimum Gasteiger partial charge on any atom is -0.326 e. The number of hydrogen-bond acceptors (Lipinski definition) is 6. The predicted molar refractivity (Wildman–Crippen MR) is 82.6 cm³/mol. The molecule has 0 fully saturated rings. The number of nitrogens with two attached hydrogens (primary N) is 1. The molecule has 0 atom stereocenters. The quantitative estimate of drug-likeness (QED) is 0.851. The van der Waals surface area contributed by atoms with E-state index in [4.69, 9.17) is 5.73 Å². The number of nitrogens with one attached hydrogen (secondary N) is 1. The van der Waals surface area contributed by atoms with E-state index in [0.717, 1.165) is 22.5 Å². The lowest BCUT2D eigenvalue weighted by molar-refractivity contribution is 0.601. The molecule has 0 unspecified atom stereocenters. The summed E-state index contributed by atoms with van der Waals surface area (Å²) in [5.74, 6) is 0. The van der Waals surface area contributed by atoms with Crippen LogP contribution in [-0.4, -0.2) is 23.1 Å². The van der Waals surface area contributed by atoms with Gasteiger partial charge in [0.15, 0.2) is 9.84 Å². The third-order valence-electron chi connectivity index (χ3n) is 2.64. The Morgan fingerprint density at radius 3 is 2.14 bits per heavy atom. The molecule has 1 heterocycles. The molecule has 0 radical (unpaired) electrons. The minimum absolute atomic E-state index is 0.131. The number of rotatable bonds is 5. The van der Waals surface area contributed by atoms with E-state index in [2.05, 4.69) is 4.72 Å². The van der Waals surface area contributed by atoms with Crippen LogP contribution in [0.3, 0.4) is 0 Å². The fourth-order valence-electron chi connectivity index (χ4n) is 1.59. The zero-order chi connectivity index (χ0) is 15.7. The summed E-state index contributed by atoms with van der Waals surface area (Å²) in [5.41, 5.74) is 5.75. The van der Waals surface area contributed by atoms with Crippen LogP contribution >= 0.6 is 11.3 Å². The molecule has 2 rings (SSSR count). The maximum Gasteiger partial charge on any atom is 0.271 e. The first-order valence-electron chi connectivity index (χ1n) is 5.84. The molecule has 0 saturated heterocycles. The molecular formula is C12H14N2O4S3. The maximum absolute atomic E-state index is 12.2. The van der Waals surface area contributed by atoms with Gasteiger partial charge in [0.1, 0.15) is 4.21 Å². The first-order valence-corrected chi connectivity index (χ1v) is 10.0. The summed E-state index contributed by atoms with van der Waals surface area (Å²) >= 11 is 1.10. The van der Waals surface area contributed by atoms with Crippen molar-refractivity contribution in [3.8, 4) is 0 Å². The molecule has 0 aliphatic rings. The molecule has 2 aromatic rings. The largest absolute Gasteiger partial charge is 0.326 e. The average Bonchev–Trinajstić information content (AvgIpc) is 2.87. The number of benzene rings is 1. The van der Waals surface area contributed by atoms with E-state index in [1.165, 1.54) is 30.3 Å². The van der Waals surface area contributed by atoms with E-state index < -0.39 is 19.9 Å². The Balaban J connectivity index is 2.24. The lowest BCUT2D eigenvalue weighted by Crippen LogP contribution is -2.11. The lowest BCUT2D eigenvalue weighted by atomic mass is 10.3. The van der Waals surface area contributed by atoms with Crippen molar-refractivity contribution in [3.63, 3.8) is 0 Å². The van der Waals surface area contributed by atoms with Gasteiger partial charge in [-0.2, -0.15) is 0 Å². The van der Waals surface area contributed by atoms with Gasteiger partial charge >= 0.3 is 0 Å². The number of anilines is 1. The Labute approximate surface area is 127 Å². The van der Waals surface area contributed by atoms with Gasteiger partial charge in [0.05, 0.1) is 4.90 Å². The molecular weight excluding hydrogens is 332 g/mol. The second-order valence-corrected chi connectivity index (χ2v) is 9.42. The summed E-state index contributed by atoms with van der Waals surface area (Å²) in [4.78, 5) is 0.898. The molecule has 0 bridgehead atoms. The van der Waals surface area contributed by atoms with E-state index in [1.54, 1.807) is 6.07 Å². The van der Waals surface area contributed by atoms with Crippen molar-refractivity contribution in [3.05, 3.63) is 41.3 Å². The summed E-state index contributed by atoms with van der Waals surface area (Å²) in [7, 11) is -6.99. The van der Waals surface area contributed by atoms with Crippen LogP contribution in [0.1, 0.15) is 4.88 Å². The Bertz CT molecular complexity index is 837. The zero-order valence-electron chi connectivity index (χ0n) is 11.1. The van der Waals surface area contributed by atoms with Crippen LogP contribution in [0, 0.1) is 0 Å². The van der Waals surface area contributed by atoms with Crippen molar-refractivity contribution < 1.29 is 16.8 Å². The Kier molecular flexibility index (Phi) is 4.38. The average molecular weight is 346 g/mol. The summed E-state index contributed by atoms with van der Waals surface area (Å²) in [5, 5.41) is 0. The number of thiophene rings is 1. The van der Waals surface area contributed by atoms with Crippen molar-refractivity contribution in [2.75, 3.05) is 11.0 Å². The second-order valence-electron chi connectivity index (χ2n) is 4.33. The van der Waals surface area contributed by atoms with Gasteiger partial charge in [-0.1, -0.05) is 0 Å². The summed E-state index contributed by atoms with van der Waals surface area (Å²) in [6, 6.07) is 8.67. The molecule has 0 saturated carbocycles. The van der Waals surface area contributed by atoms with Crippen LogP contribution in [0.5, 0.6) is 0 Å². The maximum atomic E-state index is 12.2. The summed E-state index contributed by atoms with van der Waals surface area (Å²) in [6.07, 6.45) is 1.09. The smallest absolute Gasteiger partial charge is 0.271 e. The summed E-state index contributed by atoms with van der Waals surface area (Å²) < 4.78 is 49.5. The highest BCUT2D eigenvalue weighted by Gasteiger charge is 2.17. The van der Waals surface area contributed by atoms with Gasteiger partial charge in [-0.3, -0.25) is 4.72 Å². The monoisotopic (exact) mass is 346 g/mol. The normalized spacial score (nSPS) is 12.3.